The molecule has 0 atom stereocenters. The molecule has 0 aliphatic carbocycles. The molecule has 0 saturated carbocycles. The highest BCUT2D eigenvalue weighted by atomic mass is 32.1. The van der Waals surface area contributed by atoms with Gasteiger partial charge in [0.1, 0.15) is 6.07 Å². The number of aromatic nitrogens is 3. The quantitative estimate of drug-likeness (QED) is 0.573. The number of anilines is 1. The van der Waals surface area contributed by atoms with Gasteiger partial charge in [-0.05, 0) is 47.8 Å². The summed E-state index contributed by atoms with van der Waals surface area (Å²) in [4.78, 5) is 5.62. The second-order valence-electron chi connectivity index (χ2n) is 5.01. The fraction of sp³-hybridized carbons (Fsp3) is 0. The molecule has 0 bridgehead atoms. The highest BCUT2D eigenvalue weighted by Crippen LogP contribution is 2.28. The summed E-state index contributed by atoms with van der Waals surface area (Å²) >= 11 is 1.62. The van der Waals surface area contributed by atoms with Gasteiger partial charge in [-0.25, -0.2) is 9.50 Å². The van der Waals surface area contributed by atoms with E-state index in [-0.39, 0.29) is 0 Å². The second kappa shape index (κ2) is 5.23. The van der Waals surface area contributed by atoms with Crippen LogP contribution in [0.15, 0.2) is 53.9 Å². The molecule has 3 heterocycles. The number of thiophene rings is 1. The van der Waals surface area contributed by atoms with Crippen LogP contribution in [0.5, 0.6) is 0 Å². The van der Waals surface area contributed by atoms with Crippen molar-refractivity contribution in [2.45, 2.75) is 0 Å². The molecule has 23 heavy (non-hydrogen) atoms. The lowest BCUT2D eigenvalue weighted by atomic mass is 10.2. The van der Waals surface area contributed by atoms with Crippen LogP contribution in [0.2, 0.25) is 0 Å². The first-order valence-corrected chi connectivity index (χ1v) is 7.84. The Balaban J connectivity index is 1.98. The molecule has 0 spiro atoms. The highest BCUT2D eigenvalue weighted by Gasteiger charge is 2.14. The molecule has 3 aromatic heterocycles. The Morgan fingerprint density at radius 2 is 1.91 bits per heavy atom. The summed E-state index contributed by atoms with van der Waals surface area (Å²) in [5.41, 5.74) is 9.26. The van der Waals surface area contributed by atoms with Crippen molar-refractivity contribution in [3.05, 3.63) is 59.5 Å². The van der Waals surface area contributed by atoms with Crippen molar-refractivity contribution in [3.63, 3.8) is 0 Å². The molecule has 4 aromatic rings. The largest absolute Gasteiger partial charge is 0.399 e. The van der Waals surface area contributed by atoms with Crippen LogP contribution in [0.25, 0.3) is 27.6 Å². The number of fused-ring (bicyclic) bond motifs is 1. The number of nitrogen functional groups attached to an aromatic ring is 1. The maximum Gasteiger partial charge on any atom is 0.182 e. The van der Waals surface area contributed by atoms with Gasteiger partial charge in [-0.15, -0.1) is 16.4 Å². The van der Waals surface area contributed by atoms with Gasteiger partial charge in [-0.1, -0.05) is 6.07 Å². The monoisotopic (exact) mass is 317 g/mol. The molecular formula is C17H11N5S. The molecule has 5 nitrogen and oxygen atoms in total. The summed E-state index contributed by atoms with van der Waals surface area (Å²) in [6.07, 6.45) is 0. The van der Waals surface area contributed by atoms with Crippen molar-refractivity contribution in [2.75, 3.05) is 5.73 Å². The summed E-state index contributed by atoms with van der Waals surface area (Å²) in [6.45, 7) is 0. The van der Waals surface area contributed by atoms with Crippen molar-refractivity contribution in [2.24, 2.45) is 0 Å². The molecule has 0 amide bonds. The highest BCUT2D eigenvalue weighted by molar-refractivity contribution is 7.13. The van der Waals surface area contributed by atoms with Crippen LogP contribution in [-0.2, 0) is 0 Å². The zero-order valence-corrected chi connectivity index (χ0v) is 12.8. The number of nitriles is 1. The van der Waals surface area contributed by atoms with E-state index >= 15 is 0 Å². The smallest absolute Gasteiger partial charge is 0.182 e. The number of benzene rings is 1. The van der Waals surface area contributed by atoms with Gasteiger partial charge >= 0.3 is 0 Å². The summed E-state index contributed by atoms with van der Waals surface area (Å²) in [5, 5.41) is 15.9. The molecule has 1 aromatic carbocycles. The van der Waals surface area contributed by atoms with Crippen molar-refractivity contribution >= 4 is 22.7 Å². The number of rotatable bonds is 2. The third-order valence-corrected chi connectivity index (χ3v) is 4.44. The van der Waals surface area contributed by atoms with Gasteiger partial charge in [-0.2, -0.15) is 5.26 Å². The number of hydrogen-bond acceptors (Lipinski definition) is 5. The lowest BCUT2D eigenvalue weighted by molar-refractivity contribution is 0.975. The lowest BCUT2D eigenvalue weighted by Crippen LogP contribution is -1.95. The third-order valence-electron chi connectivity index (χ3n) is 3.55. The minimum atomic E-state index is 0.500. The van der Waals surface area contributed by atoms with E-state index in [1.807, 2.05) is 47.8 Å². The molecule has 6 heteroatoms. The zero-order chi connectivity index (χ0) is 15.8. The Labute approximate surface area is 136 Å². The molecule has 0 radical (unpaired) electrons. The molecule has 110 valence electrons. The van der Waals surface area contributed by atoms with Crippen LogP contribution in [0.3, 0.4) is 0 Å². The normalized spacial score (nSPS) is 10.7. The van der Waals surface area contributed by atoms with Gasteiger partial charge in [0.2, 0.25) is 0 Å². The molecule has 0 aliphatic rings. The first-order chi connectivity index (χ1) is 11.3. The Hall–Kier alpha value is -3.17. The van der Waals surface area contributed by atoms with Crippen molar-refractivity contribution in [3.8, 4) is 28.0 Å². The maximum absolute atomic E-state index is 9.33. The van der Waals surface area contributed by atoms with E-state index in [1.165, 1.54) is 0 Å². The summed E-state index contributed by atoms with van der Waals surface area (Å²) in [5.74, 6) is 0.575. The first kappa shape index (κ1) is 13.5. The molecule has 4 rings (SSSR count). The van der Waals surface area contributed by atoms with E-state index in [0.29, 0.717) is 22.7 Å². The van der Waals surface area contributed by atoms with E-state index in [2.05, 4.69) is 16.2 Å². The fourth-order valence-electron chi connectivity index (χ4n) is 2.41. The lowest BCUT2D eigenvalue weighted by Gasteiger charge is -2.01. The van der Waals surface area contributed by atoms with Crippen LogP contribution in [0, 0.1) is 11.3 Å². The van der Waals surface area contributed by atoms with E-state index in [1.54, 1.807) is 21.9 Å². The molecule has 0 saturated heterocycles. The predicted molar refractivity (Wildman–Crippen MR) is 90.9 cm³/mol. The van der Waals surface area contributed by atoms with Gasteiger partial charge in [0.05, 0.1) is 16.1 Å². The van der Waals surface area contributed by atoms with E-state index in [9.17, 15) is 5.26 Å². The Bertz CT molecular complexity index is 1020. The minimum absolute atomic E-state index is 0.500. The van der Waals surface area contributed by atoms with Crippen molar-refractivity contribution in [1.82, 2.24) is 14.6 Å². The molecule has 0 aliphatic heterocycles. The zero-order valence-electron chi connectivity index (χ0n) is 12.0. The van der Waals surface area contributed by atoms with Crippen LogP contribution >= 0.6 is 11.3 Å². The topological polar surface area (TPSA) is 80.0 Å². The maximum atomic E-state index is 9.33. The van der Waals surface area contributed by atoms with E-state index in [4.69, 9.17) is 5.73 Å². The van der Waals surface area contributed by atoms with Gasteiger partial charge in [0.25, 0.3) is 0 Å². The van der Waals surface area contributed by atoms with Gasteiger partial charge < -0.3 is 5.73 Å². The van der Waals surface area contributed by atoms with Gasteiger partial charge in [-0.3, -0.25) is 0 Å². The minimum Gasteiger partial charge on any atom is -0.399 e. The van der Waals surface area contributed by atoms with Crippen LogP contribution in [-0.4, -0.2) is 14.6 Å². The SMILES string of the molecule is N#Cc1ccc(-c2cccs2)n2nc(-c3ccc(N)cc3)nc12. The standard InChI is InChI=1S/C17H11N5S/c18-10-12-5-8-14(15-2-1-9-23-15)22-17(12)20-16(21-22)11-3-6-13(19)7-4-11/h1-9H,19H2. The summed E-state index contributed by atoms with van der Waals surface area (Å²) in [6, 6.07) is 17.2. The molecule has 0 fully saturated rings. The Morgan fingerprint density at radius 3 is 2.61 bits per heavy atom. The number of hydrogen-bond donors (Lipinski definition) is 1. The van der Waals surface area contributed by atoms with Crippen LogP contribution in [0.4, 0.5) is 5.69 Å². The number of pyridine rings is 1. The average molecular weight is 317 g/mol. The second-order valence-corrected chi connectivity index (χ2v) is 5.96. The summed E-state index contributed by atoms with van der Waals surface area (Å²) in [7, 11) is 0. The third kappa shape index (κ3) is 2.24. The van der Waals surface area contributed by atoms with Gasteiger partial charge in [0, 0.05) is 11.3 Å². The predicted octanol–water partition coefficient (Wildman–Crippen LogP) is 3.58. The Kier molecular flexibility index (Phi) is 3.07. The van der Waals surface area contributed by atoms with E-state index in [0.717, 1.165) is 16.1 Å². The number of nitrogens with zero attached hydrogens (tertiary/aromatic N) is 4. The van der Waals surface area contributed by atoms with E-state index < -0.39 is 0 Å². The van der Waals surface area contributed by atoms with Gasteiger partial charge in [0.15, 0.2) is 11.5 Å². The van der Waals surface area contributed by atoms with Crippen LogP contribution < -0.4 is 5.73 Å². The molecular weight excluding hydrogens is 306 g/mol. The number of nitrogens with two attached hydrogens (primary N) is 1. The fourth-order valence-corrected chi connectivity index (χ4v) is 3.15. The van der Waals surface area contributed by atoms with Crippen molar-refractivity contribution < 1.29 is 0 Å². The van der Waals surface area contributed by atoms with Crippen LogP contribution in [0.1, 0.15) is 5.56 Å². The van der Waals surface area contributed by atoms with Crippen molar-refractivity contribution in [1.29, 1.82) is 5.26 Å². The average Bonchev–Trinajstić information content (AvgIpc) is 3.24. The Morgan fingerprint density at radius 1 is 1.09 bits per heavy atom. The molecule has 0 unspecified atom stereocenters. The first-order valence-electron chi connectivity index (χ1n) is 6.96. The molecule has 2 N–H and O–H groups in total. The summed E-state index contributed by atoms with van der Waals surface area (Å²) < 4.78 is 1.73.